The van der Waals surface area contributed by atoms with Gasteiger partial charge >= 0.3 is 0 Å². The van der Waals surface area contributed by atoms with Crippen LogP contribution in [-0.4, -0.2) is 0 Å². The third-order valence-electron chi connectivity index (χ3n) is 2.60. The van der Waals surface area contributed by atoms with E-state index in [0.29, 0.717) is 0 Å². The fourth-order valence-electron chi connectivity index (χ4n) is 1.61. The predicted octanol–water partition coefficient (Wildman–Crippen LogP) is 3.19. The molecule has 82 valence electrons. The molecule has 0 atom stereocenters. The van der Waals surface area contributed by atoms with Gasteiger partial charge in [0.1, 0.15) is 0 Å². The summed E-state index contributed by atoms with van der Waals surface area (Å²) in [7, 11) is 0. The first kappa shape index (κ1) is 10.6. The van der Waals surface area contributed by atoms with Gasteiger partial charge in [-0.05, 0) is 36.2 Å². The highest BCUT2D eigenvalue weighted by Crippen LogP contribution is 2.14. The molecule has 0 radical (unpaired) electrons. The van der Waals surface area contributed by atoms with Gasteiger partial charge in [0.25, 0.3) is 0 Å². The maximum Gasteiger partial charge on any atom is 0.0400 e. The minimum Gasteiger partial charge on any atom is -0.399 e. The van der Waals surface area contributed by atoms with Crippen molar-refractivity contribution in [3.8, 4) is 0 Å². The summed E-state index contributed by atoms with van der Waals surface area (Å²) in [5.41, 5.74) is 10.1. The lowest BCUT2D eigenvalue weighted by atomic mass is 10.1. The zero-order valence-corrected chi connectivity index (χ0v) is 9.40. The van der Waals surface area contributed by atoms with E-state index in [1.54, 1.807) is 0 Å². The van der Waals surface area contributed by atoms with Crippen molar-refractivity contribution in [2.75, 3.05) is 11.1 Å². The van der Waals surface area contributed by atoms with Crippen LogP contribution in [0.4, 0.5) is 11.4 Å². The minimum atomic E-state index is 0.825. The van der Waals surface area contributed by atoms with Gasteiger partial charge in [0.2, 0.25) is 0 Å². The van der Waals surface area contributed by atoms with Crippen LogP contribution >= 0.6 is 0 Å². The van der Waals surface area contributed by atoms with Gasteiger partial charge in [-0.25, -0.2) is 0 Å². The fourth-order valence-corrected chi connectivity index (χ4v) is 1.61. The fraction of sp³-hybridized carbons (Fsp3) is 0.143. The smallest absolute Gasteiger partial charge is 0.0400 e. The molecule has 0 unspecified atom stereocenters. The molecule has 2 nitrogen and oxygen atoms in total. The quantitative estimate of drug-likeness (QED) is 0.767. The Morgan fingerprint density at radius 1 is 1.06 bits per heavy atom. The molecular weight excluding hydrogens is 196 g/mol. The third-order valence-corrected chi connectivity index (χ3v) is 2.60. The summed E-state index contributed by atoms with van der Waals surface area (Å²) in [4.78, 5) is 0. The van der Waals surface area contributed by atoms with Crippen molar-refractivity contribution in [3.05, 3.63) is 59.7 Å². The van der Waals surface area contributed by atoms with E-state index >= 15 is 0 Å². The molecule has 0 spiro atoms. The summed E-state index contributed by atoms with van der Waals surface area (Å²) in [5, 5.41) is 3.37. The molecule has 0 aromatic heterocycles. The maximum absolute atomic E-state index is 5.78. The van der Waals surface area contributed by atoms with E-state index in [-0.39, 0.29) is 0 Å². The summed E-state index contributed by atoms with van der Waals surface area (Å²) < 4.78 is 0. The number of anilines is 2. The molecule has 2 heteroatoms. The van der Waals surface area contributed by atoms with Crippen LogP contribution in [0.2, 0.25) is 0 Å². The summed E-state index contributed by atoms with van der Waals surface area (Å²) in [6, 6.07) is 16.3. The molecule has 0 fully saturated rings. The summed E-state index contributed by atoms with van der Waals surface area (Å²) >= 11 is 0. The normalized spacial score (nSPS) is 10.1. The van der Waals surface area contributed by atoms with Gasteiger partial charge in [-0.3, -0.25) is 0 Å². The Hall–Kier alpha value is -1.96. The average Bonchev–Trinajstić information content (AvgIpc) is 2.32. The first-order valence-electron chi connectivity index (χ1n) is 5.39. The van der Waals surface area contributed by atoms with Crippen molar-refractivity contribution in [2.24, 2.45) is 0 Å². The molecular formula is C14H16N2. The SMILES string of the molecule is Cc1cc(CNc2ccccc2)ccc1N. The number of nitrogens with two attached hydrogens (primary N) is 1. The van der Waals surface area contributed by atoms with E-state index in [0.717, 1.165) is 23.5 Å². The van der Waals surface area contributed by atoms with Gasteiger partial charge in [-0.1, -0.05) is 30.3 Å². The molecule has 2 rings (SSSR count). The van der Waals surface area contributed by atoms with Gasteiger partial charge in [-0.2, -0.15) is 0 Å². The van der Waals surface area contributed by atoms with E-state index in [9.17, 15) is 0 Å². The first-order chi connectivity index (χ1) is 7.75. The molecule has 16 heavy (non-hydrogen) atoms. The standard InChI is InChI=1S/C14H16N2/c1-11-9-12(7-8-14(11)15)10-16-13-5-3-2-4-6-13/h2-9,16H,10,15H2,1H3. The van der Waals surface area contributed by atoms with E-state index < -0.39 is 0 Å². The summed E-state index contributed by atoms with van der Waals surface area (Å²) in [6.45, 7) is 2.85. The lowest BCUT2D eigenvalue weighted by Gasteiger charge is -2.08. The van der Waals surface area contributed by atoms with Crippen LogP contribution in [0, 0.1) is 6.92 Å². The summed E-state index contributed by atoms with van der Waals surface area (Å²) in [5.74, 6) is 0. The highest BCUT2D eigenvalue weighted by Gasteiger charge is 1.96. The topological polar surface area (TPSA) is 38.0 Å². The number of nitrogens with one attached hydrogen (secondary N) is 1. The van der Waals surface area contributed by atoms with Crippen molar-refractivity contribution in [1.29, 1.82) is 0 Å². The average molecular weight is 212 g/mol. The zero-order chi connectivity index (χ0) is 11.4. The Labute approximate surface area is 96.1 Å². The third kappa shape index (κ3) is 2.54. The Balaban J connectivity index is 2.03. The second-order valence-corrected chi connectivity index (χ2v) is 3.91. The molecule has 2 aromatic rings. The second-order valence-electron chi connectivity index (χ2n) is 3.91. The zero-order valence-electron chi connectivity index (χ0n) is 9.40. The number of hydrogen-bond acceptors (Lipinski definition) is 2. The maximum atomic E-state index is 5.78. The number of hydrogen-bond donors (Lipinski definition) is 2. The van der Waals surface area contributed by atoms with Gasteiger partial charge in [-0.15, -0.1) is 0 Å². The van der Waals surface area contributed by atoms with Crippen LogP contribution in [0.25, 0.3) is 0 Å². The predicted molar refractivity (Wildman–Crippen MR) is 69.4 cm³/mol. The minimum absolute atomic E-state index is 0.825. The van der Waals surface area contributed by atoms with Crippen molar-refractivity contribution < 1.29 is 0 Å². The Morgan fingerprint density at radius 3 is 2.50 bits per heavy atom. The number of rotatable bonds is 3. The van der Waals surface area contributed by atoms with E-state index in [4.69, 9.17) is 5.73 Å². The second kappa shape index (κ2) is 4.71. The van der Waals surface area contributed by atoms with Crippen molar-refractivity contribution >= 4 is 11.4 Å². The van der Waals surface area contributed by atoms with Crippen LogP contribution in [0.15, 0.2) is 48.5 Å². The van der Waals surface area contributed by atoms with E-state index in [1.165, 1.54) is 5.56 Å². The van der Waals surface area contributed by atoms with Gasteiger partial charge in [0.05, 0.1) is 0 Å². The number of aryl methyl sites for hydroxylation is 1. The van der Waals surface area contributed by atoms with Crippen LogP contribution in [0.5, 0.6) is 0 Å². The van der Waals surface area contributed by atoms with Gasteiger partial charge in [0, 0.05) is 17.9 Å². The lowest BCUT2D eigenvalue weighted by molar-refractivity contribution is 1.14. The largest absolute Gasteiger partial charge is 0.399 e. The van der Waals surface area contributed by atoms with Crippen LogP contribution in [-0.2, 0) is 6.54 Å². The van der Waals surface area contributed by atoms with E-state index in [1.807, 2.05) is 31.2 Å². The molecule has 2 aromatic carbocycles. The Bertz CT molecular complexity index is 463. The summed E-state index contributed by atoms with van der Waals surface area (Å²) in [6.07, 6.45) is 0. The van der Waals surface area contributed by atoms with Crippen LogP contribution in [0.3, 0.4) is 0 Å². The number of para-hydroxylation sites is 1. The Morgan fingerprint density at radius 2 is 1.81 bits per heavy atom. The van der Waals surface area contributed by atoms with Gasteiger partial charge in [0.15, 0.2) is 0 Å². The molecule has 3 N–H and O–H groups in total. The molecule has 0 saturated carbocycles. The van der Waals surface area contributed by atoms with Gasteiger partial charge < -0.3 is 11.1 Å². The number of benzene rings is 2. The number of nitrogen functional groups attached to an aromatic ring is 1. The molecule has 0 aliphatic carbocycles. The molecule has 0 heterocycles. The molecule has 0 bridgehead atoms. The Kier molecular flexibility index (Phi) is 3.10. The van der Waals surface area contributed by atoms with Crippen molar-refractivity contribution in [1.82, 2.24) is 0 Å². The van der Waals surface area contributed by atoms with Crippen LogP contribution < -0.4 is 11.1 Å². The van der Waals surface area contributed by atoms with Crippen LogP contribution in [0.1, 0.15) is 11.1 Å². The highest BCUT2D eigenvalue weighted by molar-refractivity contribution is 5.49. The molecule has 0 aliphatic heterocycles. The highest BCUT2D eigenvalue weighted by atomic mass is 14.9. The van der Waals surface area contributed by atoms with Crippen molar-refractivity contribution in [2.45, 2.75) is 13.5 Å². The molecule has 0 aliphatic rings. The van der Waals surface area contributed by atoms with Crippen molar-refractivity contribution in [3.63, 3.8) is 0 Å². The monoisotopic (exact) mass is 212 g/mol. The molecule has 0 saturated heterocycles. The molecule has 0 amide bonds. The van der Waals surface area contributed by atoms with E-state index in [2.05, 4.69) is 29.6 Å². The lowest BCUT2D eigenvalue weighted by Crippen LogP contribution is -2.00. The first-order valence-corrected chi connectivity index (χ1v) is 5.39.